The molecule has 0 spiro atoms. The largest absolute Gasteiger partial charge is 0.480 e. The molecule has 100 valence electrons. The Bertz CT molecular complexity index is 455. The fourth-order valence-corrected chi connectivity index (χ4v) is 1.27. The number of hydrogen-bond acceptors (Lipinski definition) is 3. The molecule has 0 bridgehead atoms. The molecule has 6 nitrogen and oxygen atoms in total. The van der Waals surface area contributed by atoms with E-state index in [0.29, 0.717) is 5.69 Å². The summed E-state index contributed by atoms with van der Waals surface area (Å²) in [7, 11) is 0. The Kier molecular flexibility index (Phi) is 3.94. The Morgan fingerprint density at radius 1 is 1.50 bits per heavy atom. The number of alkyl halides is 3. The van der Waals surface area contributed by atoms with E-state index in [-0.39, 0.29) is 10.6 Å². The van der Waals surface area contributed by atoms with Gasteiger partial charge in [0, 0.05) is 5.69 Å². The summed E-state index contributed by atoms with van der Waals surface area (Å²) in [5, 5.41) is 14.4. The monoisotopic (exact) mass is 265 g/mol. The first kappa shape index (κ1) is 14.0. The zero-order valence-electron chi connectivity index (χ0n) is 9.28. The van der Waals surface area contributed by atoms with E-state index in [1.54, 1.807) is 6.92 Å². The minimum atomic E-state index is -4.67. The lowest BCUT2D eigenvalue weighted by molar-refractivity contribution is -0.149. The number of aromatic nitrogens is 2. The quantitative estimate of drug-likeness (QED) is 0.843. The highest BCUT2D eigenvalue weighted by Crippen LogP contribution is 2.17. The first-order valence-electron chi connectivity index (χ1n) is 4.79. The van der Waals surface area contributed by atoms with Gasteiger partial charge in [-0.1, -0.05) is 0 Å². The maximum atomic E-state index is 12.2. The smallest absolute Gasteiger partial charge is 0.406 e. The summed E-state index contributed by atoms with van der Waals surface area (Å²) < 4.78 is 36.7. The van der Waals surface area contributed by atoms with Gasteiger partial charge in [0.1, 0.15) is 18.8 Å². The average molecular weight is 265 g/mol. The highest BCUT2D eigenvalue weighted by atomic mass is 19.4. The van der Waals surface area contributed by atoms with Crippen LogP contribution in [0, 0.1) is 6.92 Å². The molecule has 1 aromatic rings. The molecule has 0 radical (unpaired) electrons. The molecule has 0 aliphatic heterocycles. The number of hydrogen-bond donors (Lipinski definition) is 2. The number of amides is 1. The molecule has 1 amide bonds. The van der Waals surface area contributed by atoms with Crippen LogP contribution >= 0.6 is 0 Å². The zero-order chi connectivity index (χ0) is 13.9. The molecule has 0 saturated heterocycles. The lowest BCUT2D eigenvalue weighted by Crippen LogP contribution is -2.42. The Hall–Kier alpha value is -2.06. The predicted molar refractivity (Wildman–Crippen MR) is 52.9 cm³/mol. The fourth-order valence-electron chi connectivity index (χ4n) is 1.27. The molecule has 9 heteroatoms. The summed E-state index contributed by atoms with van der Waals surface area (Å²) in [5.41, 5.74) is 0.235. The molecule has 1 rings (SSSR count). The van der Waals surface area contributed by atoms with Crippen LogP contribution < -0.4 is 0 Å². The number of nitrogens with one attached hydrogen (secondary N) is 1. The van der Waals surface area contributed by atoms with Crippen LogP contribution in [0.4, 0.5) is 13.2 Å². The van der Waals surface area contributed by atoms with Crippen LogP contribution in [-0.2, 0) is 4.79 Å². The van der Waals surface area contributed by atoms with E-state index in [0.717, 1.165) is 0 Å². The molecule has 0 aliphatic carbocycles. The number of carboxylic acids is 1. The molecule has 1 aromatic heterocycles. The van der Waals surface area contributed by atoms with Crippen molar-refractivity contribution in [2.45, 2.75) is 13.1 Å². The van der Waals surface area contributed by atoms with Crippen molar-refractivity contribution in [2.24, 2.45) is 0 Å². The van der Waals surface area contributed by atoms with Gasteiger partial charge < -0.3 is 10.0 Å². The Labute approximate surface area is 99.4 Å². The van der Waals surface area contributed by atoms with Gasteiger partial charge in [-0.3, -0.25) is 14.7 Å². The number of rotatable bonds is 4. The Morgan fingerprint density at radius 2 is 2.11 bits per heavy atom. The second-order valence-corrected chi connectivity index (χ2v) is 3.61. The molecular weight excluding hydrogens is 255 g/mol. The van der Waals surface area contributed by atoms with Crippen molar-refractivity contribution in [3.8, 4) is 0 Å². The molecule has 2 N–H and O–H groups in total. The number of carbonyl (C=O) groups is 2. The SMILES string of the molecule is Cc1cc(C(=O)N(CC(=O)O)CC(F)(F)F)n[nH]1. The van der Waals surface area contributed by atoms with Crippen LogP contribution in [0.5, 0.6) is 0 Å². The van der Waals surface area contributed by atoms with Crippen LogP contribution in [0.25, 0.3) is 0 Å². The number of carbonyl (C=O) groups excluding carboxylic acids is 1. The van der Waals surface area contributed by atoms with Crippen molar-refractivity contribution in [1.29, 1.82) is 0 Å². The van der Waals surface area contributed by atoms with E-state index in [1.807, 2.05) is 0 Å². The highest BCUT2D eigenvalue weighted by Gasteiger charge is 2.34. The summed E-state index contributed by atoms with van der Waals surface area (Å²) in [5.74, 6) is -2.61. The summed E-state index contributed by atoms with van der Waals surface area (Å²) in [6, 6.07) is 1.24. The fraction of sp³-hybridized carbons (Fsp3) is 0.444. The number of aliphatic carboxylic acids is 1. The lowest BCUT2D eigenvalue weighted by Gasteiger charge is -2.20. The first-order chi connectivity index (χ1) is 8.19. The van der Waals surface area contributed by atoms with Gasteiger partial charge in [0.15, 0.2) is 0 Å². The second kappa shape index (κ2) is 5.07. The van der Waals surface area contributed by atoms with Gasteiger partial charge in [-0.25, -0.2) is 0 Å². The van der Waals surface area contributed by atoms with Gasteiger partial charge in [-0.05, 0) is 13.0 Å². The minimum Gasteiger partial charge on any atom is -0.480 e. The van der Waals surface area contributed by atoms with Gasteiger partial charge in [-0.15, -0.1) is 0 Å². The molecule has 1 heterocycles. The summed E-state index contributed by atoms with van der Waals surface area (Å²) in [4.78, 5) is 22.3. The molecule has 0 aliphatic rings. The average Bonchev–Trinajstić information content (AvgIpc) is 2.59. The third kappa shape index (κ3) is 4.07. The molecule has 0 saturated carbocycles. The molecule has 0 fully saturated rings. The molecule has 18 heavy (non-hydrogen) atoms. The van der Waals surface area contributed by atoms with E-state index in [9.17, 15) is 22.8 Å². The number of aromatic amines is 1. The van der Waals surface area contributed by atoms with Crippen molar-refractivity contribution in [3.63, 3.8) is 0 Å². The van der Waals surface area contributed by atoms with E-state index in [2.05, 4.69) is 10.2 Å². The summed E-state index contributed by atoms with van der Waals surface area (Å²) in [6.07, 6.45) is -4.67. The van der Waals surface area contributed by atoms with Crippen molar-refractivity contribution in [1.82, 2.24) is 15.1 Å². The topological polar surface area (TPSA) is 86.3 Å². The number of halogens is 3. The maximum Gasteiger partial charge on any atom is 0.406 e. The number of H-pyrrole nitrogens is 1. The highest BCUT2D eigenvalue weighted by molar-refractivity contribution is 5.94. The minimum absolute atomic E-state index is 0.179. The van der Waals surface area contributed by atoms with E-state index < -0.39 is 31.1 Å². The molecule has 0 unspecified atom stereocenters. The normalized spacial score (nSPS) is 11.3. The Balaban J connectivity index is 2.88. The van der Waals surface area contributed by atoms with E-state index in [4.69, 9.17) is 5.11 Å². The van der Waals surface area contributed by atoms with Gasteiger partial charge in [0.05, 0.1) is 0 Å². The summed E-state index contributed by atoms with van der Waals surface area (Å²) >= 11 is 0. The van der Waals surface area contributed by atoms with Gasteiger partial charge in [0.2, 0.25) is 0 Å². The van der Waals surface area contributed by atoms with Crippen LogP contribution in [0.1, 0.15) is 16.2 Å². The van der Waals surface area contributed by atoms with Crippen LogP contribution in [0.3, 0.4) is 0 Å². The van der Waals surface area contributed by atoms with E-state index >= 15 is 0 Å². The standard InChI is InChI=1S/C9H10F3N3O3/c1-5-2-6(14-13-5)8(18)15(3-7(16)17)4-9(10,11)12/h2H,3-4H2,1H3,(H,13,14)(H,16,17). The van der Waals surface area contributed by atoms with Gasteiger partial charge >= 0.3 is 12.1 Å². The number of aryl methyl sites for hydroxylation is 1. The Morgan fingerprint density at radius 3 is 2.50 bits per heavy atom. The van der Waals surface area contributed by atoms with Crippen LogP contribution in [-0.4, -0.2) is 51.3 Å². The predicted octanol–water partition coefficient (Wildman–Crippen LogP) is 0.807. The maximum absolute atomic E-state index is 12.2. The van der Waals surface area contributed by atoms with Crippen molar-refractivity contribution < 1.29 is 27.9 Å². The second-order valence-electron chi connectivity index (χ2n) is 3.61. The van der Waals surface area contributed by atoms with Crippen LogP contribution in [0.15, 0.2) is 6.07 Å². The third-order valence-electron chi connectivity index (χ3n) is 1.91. The lowest BCUT2D eigenvalue weighted by atomic mass is 10.3. The van der Waals surface area contributed by atoms with E-state index in [1.165, 1.54) is 6.07 Å². The zero-order valence-corrected chi connectivity index (χ0v) is 9.28. The van der Waals surface area contributed by atoms with Crippen molar-refractivity contribution >= 4 is 11.9 Å². The van der Waals surface area contributed by atoms with Crippen molar-refractivity contribution in [3.05, 3.63) is 17.5 Å². The van der Waals surface area contributed by atoms with Crippen molar-refractivity contribution in [2.75, 3.05) is 13.1 Å². The number of carboxylic acid groups (broad SMARTS) is 1. The molecule has 0 aromatic carbocycles. The molecule has 0 atom stereocenters. The first-order valence-corrected chi connectivity index (χ1v) is 4.79. The summed E-state index contributed by atoms with van der Waals surface area (Å²) in [6.45, 7) is -1.11. The van der Waals surface area contributed by atoms with Gasteiger partial charge in [0.25, 0.3) is 5.91 Å². The van der Waals surface area contributed by atoms with Gasteiger partial charge in [-0.2, -0.15) is 18.3 Å². The third-order valence-corrected chi connectivity index (χ3v) is 1.91. The molecular formula is C9H10F3N3O3. The number of nitrogens with zero attached hydrogens (tertiary/aromatic N) is 2. The van der Waals surface area contributed by atoms with Crippen LogP contribution in [0.2, 0.25) is 0 Å².